The number of carboxylic acids is 1. The summed E-state index contributed by atoms with van der Waals surface area (Å²) in [7, 11) is 0. The molecule has 2 aromatic rings. The number of hydrogen-bond acceptors (Lipinski definition) is 4. The second kappa shape index (κ2) is 4.71. The van der Waals surface area contributed by atoms with Crippen LogP contribution in [0, 0.1) is 12.8 Å². The van der Waals surface area contributed by atoms with E-state index in [1.165, 1.54) is 11.3 Å². The van der Waals surface area contributed by atoms with Crippen LogP contribution in [0.2, 0.25) is 0 Å². The van der Waals surface area contributed by atoms with Gasteiger partial charge in [0.2, 0.25) is 0 Å². The Hall–Kier alpha value is -1.62. The van der Waals surface area contributed by atoms with Crippen LogP contribution in [-0.2, 0) is 11.2 Å². The van der Waals surface area contributed by atoms with Crippen molar-refractivity contribution >= 4 is 17.3 Å². The van der Waals surface area contributed by atoms with Crippen LogP contribution in [0.1, 0.15) is 18.4 Å². The lowest BCUT2D eigenvalue weighted by Gasteiger charge is -2.01. The van der Waals surface area contributed by atoms with Crippen molar-refractivity contribution < 1.29 is 14.3 Å². The first-order chi connectivity index (χ1) is 8.06. The fourth-order valence-electron chi connectivity index (χ4n) is 1.46. The molecule has 0 spiro atoms. The second-order valence-electron chi connectivity index (χ2n) is 4.00. The molecule has 4 nitrogen and oxygen atoms in total. The molecule has 90 valence electrons. The van der Waals surface area contributed by atoms with E-state index in [9.17, 15) is 4.79 Å². The number of hydrogen-bond donors (Lipinski definition) is 1. The molecule has 0 aliphatic carbocycles. The maximum absolute atomic E-state index is 10.7. The molecular formula is C12H13NO3S. The molecule has 0 saturated heterocycles. The summed E-state index contributed by atoms with van der Waals surface area (Å²) >= 11 is 1.47. The minimum atomic E-state index is -0.798. The molecule has 1 unspecified atom stereocenters. The number of carboxylic acid groups (broad SMARTS) is 1. The Bertz CT molecular complexity index is 529. The van der Waals surface area contributed by atoms with Gasteiger partial charge in [0, 0.05) is 11.8 Å². The van der Waals surface area contributed by atoms with Gasteiger partial charge in [-0.1, -0.05) is 6.92 Å². The normalized spacial score (nSPS) is 12.6. The molecule has 1 atom stereocenters. The van der Waals surface area contributed by atoms with Crippen molar-refractivity contribution in [3.8, 4) is 10.8 Å². The Morgan fingerprint density at radius 3 is 2.94 bits per heavy atom. The van der Waals surface area contributed by atoms with Crippen LogP contribution in [-0.4, -0.2) is 16.1 Å². The standard InChI is InChI=1S/C12H13NO3S/c1-7(12(14)15)5-9-6-17-11(13-9)10-4-3-8(2)16-10/h3-4,6-7H,5H2,1-2H3,(H,14,15). The third-order valence-corrected chi connectivity index (χ3v) is 3.35. The largest absolute Gasteiger partial charge is 0.481 e. The predicted molar refractivity (Wildman–Crippen MR) is 65.1 cm³/mol. The van der Waals surface area contributed by atoms with Crippen LogP contribution in [0.25, 0.3) is 10.8 Å². The van der Waals surface area contributed by atoms with E-state index >= 15 is 0 Å². The number of carbonyl (C=O) groups is 1. The number of aryl methyl sites for hydroxylation is 1. The van der Waals surface area contributed by atoms with Gasteiger partial charge < -0.3 is 9.52 Å². The van der Waals surface area contributed by atoms with Gasteiger partial charge in [-0.25, -0.2) is 4.98 Å². The van der Waals surface area contributed by atoms with Crippen molar-refractivity contribution in [2.45, 2.75) is 20.3 Å². The lowest BCUT2D eigenvalue weighted by molar-refractivity contribution is -0.141. The molecule has 0 fully saturated rings. The highest BCUT2D eigenvalue weighted by molar-refractivity contribution is 7.13. The predicted octanol–water partition coefficient (Wildman–Crippen LogP) is 2.97. The van der Waals surface area contributed by atoms with Crippen molar-refractivity contribution in [1.82, 2.24) is 4.98 Å². The zero-order valence-corrected chi connectivity index (χ0v) is 10.5. The minimum Gasteiger partial charge on any atom is -0.481 e. The summed E-state index contributed by atoms with van der Waals surface area (Å²) in [5.41, 5.74) is 0.800. The first kappa shape index (κ1) is 11.9. The van der Waals surface area contributed by atoms with Gasteiger partial charge in [0.05, 0.1) is 11.6 Å². The van der Waals surface area contributed by atoms with E-state index in [0.717, 1.165) is 22.2 Å². The van der Waals surface area contributed by atoms with Crippen LogP contribution < -0.4 is 0 Å². The Morgan fingerprint density at radius 1 is 1.59 bits per heavy atom. The number of furan rings is 1. The fourth-order valence-corrected chi connectivity index (χ4v) is 2.26. The monoisotopic (exact) mass is 251 g/mol. The summed E-state index contributed by atoms with van der Waals surface area (Å²) in [4.78, 5) is 15.1. The summed E-state index contributed by atoms with van der Waals surface area (Å²) in [5.74, 6) is 0.370. The molecule has 0 aliphatic heterocycles. The van der Waals surface area contributed by atoms with E-state index in [1.54, 1.807) is 6.92 Å². The van der Waals surface area contributed by atoms with E-state index in [-0.39, 0.29) is 0 Å². The zero-order chi connectivity index (χ0) is 12.4. The molecule has 5 heteroatoms. The van der Waals surface area contributed by atoms with Gasteiger partial charge >= 0.3 is 5.97 Å². The summed E-state index contributed by atoms with van der Waals surface area (Å²) in [6.07, 6.45) is 0.450. The lowest BCUT2D eigenvalue weighted by atomic mass is 10.1. The third-order valence-electron chi connectivity index (χ3n) is 2.44. The molecule has 0 bridgehead atoms. The Morgan fingerprint density at radius 2 is 2.35 bits per heavy atom. The maximum Gasteiger partial charge on any atom is 0.306 e. The van der Waals surface area contributed by atoms with Gasteiger partial charge in [0.25, 0.3) is 0 Å². The highest BCUT2D eigenvalue weighted by Crippen LogP contribution is 2.26. The van der Waals surface area contributed by atoms with Gasteiger partial charge in [0.15, 0.2) is 10.8 Å². The van der Waals surface area contributed by atoms with Gasteiger partial charge in [-0.05, 0) is 19.1 Å². The van der Waals surface area contributed by atoms with Gasteiger partial charge in [0.1, 0.15) is 5.76 Å². The molecule has 2 aromatic heterocycles. The number of aromatic nitrogens is 1. The number of thiazole rings is 1. The minimum absolute atomic E-state index is 0.414. The van der Waals surface area contributed by atoms with Crippen LogP contribution in [0.3, 0.4) is 0 Å². The number of nitrogens with zero attached hydrogens (tertiary/aromatic N) is 1. The van der Waals surface area contributed by atoms with E-state index in [1.807, 2.05) is 24.4 Å². The van der Waals surface area contributed by atoms with Gasteiger partial charge in [-0.15, -0.1) is 11.3 Å². The van der Waals surface area contributed by atoms with Crippen LogP contribution in [0.5, 0.6) is 0 Å². The van der Waals surface area contributed by atoms with Crippen molar-refractivity contribution in [2.75, 3.05) is 0 Å². The smallest absolute Gasteiger partial charge is 0.306 e. The topological polar surface area (TPSA) is 63.3 Å². The fraction of sp³-hybridized carbons (Fsp3) is 0.333. The number of rotatable bonds is 4. The SMILES string of the molecule is Cc1ccc(-c2nc(CC(C)C(=O)O)cs2)o1. The molecule has 0 radical (unpaired) electrons. The van der Waals surface area contributed by atoms with E-state index in [0.29, 0.717) is 6.42 Å². The third kappa shape index (κ3) is 2.74. The summed E-state index contributed by atoms with van der Waals surface area (Å²) in [5, 5.41) is 11.5. The molecule has 2 rings (SSSR count). The number of aliphatic carboxylic acids is 1. The average Bonchev–Trinajstić information content (AvgIpc) is 2.86. The molecule has 0 amide bonds. The highest BCUT2D eigenvalue weighted by atomic mass is 32.1. The summed E-state index contributed by atoms with van der Waals surface area (Å²) < 4.78 is 5.47. The lowest BCUT2D eigenvalue weighted by Crippen LogP contribution is -2.12. The van der Waals surface area contributed by atoms with Crippen LogP contribution in [0.15, 0.2) is 21.9 Å². The molecule has 0 aromatic carbocycles. The van der Waals surface area contributed by atoms with Crippen LogP contribution in [0.4, 0.5) is 0 Å². The highest BCUT2D eigenvalue weighted by Gasteiger charge is 2.15. The average molecular weight is 251 g/mol. The van der Waals surface area contributed by atoms with Crippen molar-refractivity contribution in [2.24, 2.45) is 5.92 Å². The van der Waals surface area contributed by atoms with Gasteiger partial charge in [-0.2, -0.15) is 0 Å². The molecule has 0 saturated carbocycles. The van der Waals surface area contributed by atoms with Crippen LogP contribution >= 0.6 is 11.3 Å². The maximum atomic E-state index is 10.7. The summed E-state index contributed by atoms with van der Waals surface area (Å²) in [6, 6.07) is 3.76. The molecule has 1 N–H and O–H groups in total. The Kier molecular flexibility index (Phi) is 3.28. The molecular weight excluding hydrogens is 238 g/mol. The first-order valence-corrected chi connectivity index (χ1v) is 6.18. The van der Waals surface area contributed by atoms with Crippen molar-refractivity contribution in [3.05, 3.63) is 29.0 Å². The van der Waals surface area contributed by atoms with Crippen molar-refractivity contribution in [1.29, 1.82) is 0 Å². The quantitative estimate of drug-likeness (QED) is 0.907. The first-order valence-electron chi connectivity index (χ1n) is 5.30. The molecule has 17 heavy (non-hydrogen) atoms. The molecule has 0 aliphatic rings. The second-order valence-corrected chi connectivity index (χ2v) is 4.86. The van der Waals surface area contributed by atoms with E-state index in [2.05, 4.69) is 4.98 Å². The Labute approximate surface area is 103 Å². The summed E-state index contributed by atoms with van der Waals surface area (Å²) in [6.45, 7) is 3.56. The molecule has 2 heterocycles. The Balaban J connectivity index is 2.13. The van der Waals surface area contributed by atoms with Gasteiger partial charge in [-0.3, -0.25) is 4.79 Å². The van der Waals surface area contributed by atoms with E-state index in [4.69, 9.17) is 9.52 Å². The zero-order valence-electron chi connectivity index (χ0n) is 9.64. The van der Waals surface area contributed by atoms with E-state index < -0.39 is 11.9 Å². The van der Waals surface area contributed by atoms with Crippen molar-refractivity contribution in [3.63, 3.8) is 0 Å².